The standard InChI is InChI=1S/C13H20ClN3O/c1-9(5-7-15)3-4-11(18)17-12-10(2)6-8-16-13(12)14/h6,8-9H,3-5,7,15H2,1-2H3,(H,17,18). The number of rotatable bonds is 6. The number of amides is 1. The van der Waals surface area contributed by atoms with Gasteiger partial charge in [0.2, 0.25) is 5.91 Å². The molecule has 0 fully saturated rings. The van der Waals surface area contributed by atoms with Crippen LogP contribution in [0.1, 0.15) is 31.7 Å². The third-order valence-corrected chi connectivity index (χ3v) is 3.19. The lowest BCUT2D eigenvalue weighted by atomic mass is 10.0. The fourth-order valence-electron chi connectivity index (χ4n) is 1.68. The van der Waals surface area contributed by atoms with Crippen molar-refractivity contribution in [2.45, 2.75) is 33.1 Å². The first kappa shape index (κ1) is 14.9. The van der Waals surface area contributed by atoms with Crippen LogP contribution >= 0.6 is 11.6 Å². The highest BCUT2D eigenvalue weighted by atomic mass is 35.5. The van der Waals surface area contributed by atoms with Gasteiger partial charge in [0.15, 0.2) is 5.15 Å². The van der Waals surface area contributed by atoms with Crippen LogP contribution in [0.15, 0.2) is 12.3 Å². The second-order valence-corrected chi connectivity index (χ2v) is 4.92. The van der Waals surface area contributed by atoms with E-state index in [1.54, 1.807) is 6.20 Å². The van der Waals surface area contributed by atoms with Crippen LogP contribution < -0.4 is 11.1 Å². The molecule has 1 amide bonds. The number of nitrogens with zero attached hydrogens (tertiary/aromatic N) is 1. The molecule has 3 N–H and O–H groups in total. The maximum atomic E-state index is 11.8. The molecule has 0 spiro atoms. The molecule has 0 bridgehead atoms. The van der Waals surface area contributed by atoms with Gasteiger partial charge >= 0.3 is 0 Å². The Hall–Kier alpha value is -1.13. The second-order valence-electron chi connectivity index (χ2n) is 4.56. The third-order valence-electron chi connectivity index (χ3n) is 2.90. The van der Waals surface area contributed by atoms with Crippen LogP contribution in [0.2, 0.25) is 5.15 Å². The monoisotopic (exact) mass is 269 g/mol. The number of aromatic nitrogens is 1. The molecule has 5 heteroatoms. The van der Waals surface area contributed by atoms with Crippen LogP contribution in [0.5, 0.6) is 0 Å². The van der Waals surface area contributed by atoms with Crippen LogP contribution in [0.4, 0.5) is 5.69 Å². The quantitative estimate of drug-likeness (QED) is 0.781. The number of hydrogen-bond donors (Lipinski definition) is 2. The van der Waals surface area contributed by atoms with Crippen molar-refractivity contribution >= 4 is 23.2 Å². The van der Waals surface area contributed by atoms with Crippen molar-refractivity contribution < 1.29 is 4.79 Å². The average molecular weight is 270 g/mol. The summed E-state index contributed by atoms with van der Waals surface area (Å²) in [5, 5.41) is 3.14. The molecule has 4 nitrogen and oxygen atoms in total. The predicted molar refractivity (Wildman–Crippen MR) is 74.7 cm³/mol. The summed E-state index contributed by atoms with van der Waals surface area (Å²) >= 11 is 5.94. The lowest BCUT2D eigenvalue weighted by molar-refractivity contribution is -0.116. The van der Waals surface area contributed by atoms with Crippen LogP contribution in [0.3, 0.4) is 0 Å². The minimum atomic E-state index is -0.0307. The molecule has 18 heavy (non-hydrogen) atoms. The molecule has 1 aromatic heterocycles. The Balaban J connectivity index is 2.50. The molecule has 100 valence electrons. The number of pyridine rings is 1. The SMILES string of the molecule is Cc1ccnc(Cl)c1NC(=O)CCC(C)CCN. The summed E-state index contributed by atoms with van der Waals surface area (Å²) in [6.07, 6.45) is 3.88. The molecular formula is C13H20ClN3O. The first-order valence-corrected chi connectivity index (χ1v) is 6.53. The van der Waals surface area contributed by atoms with E-state index in [1.807, 2.05) is 13.0 Å². The lowest BCUT2D eigenvalue weighted by Crippen LogP contribution is -2.15. The van der Waals surface area contributed by atoms with Gasteiger partial charge in [-0.1, -0.05) is 18.5 Å². The molecule has 1 unspecified atom stereocenters. The zero-order valence-electron chi connectivity index (χ0n) is 10.9. The first-order valence-electron chi connectivity index (χ1n) is 6.15. The fourth-order valence-corrected chi connectivity index (χ4v) is 1.94. The van der Waals surface area contributed by atoms with Gasteiger partial charge in [-0.15, -0.1) is 0 Å². The molecule has 1 rings (SSSR count). The molecular weight excluding hydrogens is 250 g/mol. The van der Waals surface area contributed by atoms with Gasteiger partial charge in [-0.25, -0.2) is 4.98 Å². The van der Waals surface area contributed by atoms with Gasteiger partial charge in [-0.05, 0) is 43.9 Å². The summed E-state index contributed by atoms with van der Waals surface area (Å²) in [4.78, 5) is 15.7. The summed E-state index contributed by atoms with van der Waals surface area (Å²) in [5.74, 6) is 0.433. The number of nitrogens with two attached hydrogens (primary N) is 1. The largest absolute Gasteiger partial charge is 0.330 e. The highest BCUT2D eigenvalue weighted by Crippen LogP contribution is 2.23. The van der Waals surface area contributed by atoms with E-state index in [9.17, 15) is 4.79 Å². The zero-order valence-corrected chi connectivity index (χ0v) is 11.6. The minimum absolute atomic E-state index is 0.0307. The van der Waals surface area contributed by atoms with Crippen LogP contribution in [-0.4, -0.2) is 17.4 Å². The zero-order chi connectivity index (χ0) is 13.5. The van der Waals surface area contributed by atoms with Gasteiger partial charge in [-0.3, -0.25) is 4.79 Å². The molecule has 0 aliphatic carbocycles. The van der Waals surface area contributed by atoms with Crippen molar-refractivity contribution in [2.75, 3.05) is 11.9 Å². The van der Waals surface area contributed by atoms with E-state index >= 15 is 0 Å². The van der Waals surface area contributed by atoms with Crippen molar-refractivity contribution in [2.24, 2.45) is 11.7 Å². The molecule has 0 aliphatic heterocycles. The Bertz CT molecular complexity index is 389. The minimum Gasteiger partial charge on any atom is -0.330 e. The Morgan fingerprint density at radius 2 is 2.28 bits per heavy atom. The number of carbonyl (C=O) groups excluding carboxylic acids is 1. The van der Waals surface area contributed by atoms with Crippen molar-refractivity contribution in [1.82, 2.24) is 4.98 Å². The molecule has 0 aliphatic rings. The normalized spacial score (nSPS) is 12.2. The van der Waals surface area contributed by atoms with Gasteiger partial charge in [0, 0.05) is 12.6 Å². The van der Waals surface area contributed by atoms with E-state index in [0.29, 0.717) is 29.7 Å². The van der Waals surface area contributed by atoms with Crippen LogP contribution in [0.25, 0.3) is 0 Å². The summed E-state index contributed by atoms with van der Waals surface area (Å²) in [7, 11) is 0. The van der Waals surface area contributed by atoms with E-state index in [4.69, 9.17) is 17.3 Å². The second kappa shape index (κ2) is 7.34. The van der Waals surface area contributed by atoms with Crippen LogP contribution in [-0.2, 0) is 4.79 Å². The molecule has 1 atom stereocenters. The van der Waals surface area contributed by atoms with Gasteiger partial charge < -0.3 is 11.1 Å². The Morgan fingerprint density at radius 1 is 1.56 bits per heavy atom. The van der Waals surface area contributed by atoms with Gasteiger partial charge in [0.25, 0.3) is 0 Å². The van der Waals surface area contributed by atoms with Crippen molar-refractivity contribution in [3.05, 3.63) is 23.0 Å². The smallest absolute Gasteiger partial charge is 0.224 e. The van der Waals surface area contributed by atoms with Crippen molar-refractivity contribution in [3.63, 3.8) is 0 Å². The maximum absolute atomic E-state index is 11.8. The van der Waals surface area contributed by atoms with E-state index in [-0.39, 0.29) is 5.91 Å². The first-order chi connectivity index (χ1) is 8.54. The van der Waals surface area contributed by atoms with E-state index < -0.39 is 0 Å². The Morgan fingerprint density at radius 3 is 2.89 bits per heavy atom. The topological polar surface area (TPSA) is 68.0 Å². The molecule has 0 saturated heterocycles. The number of halogens is 1. The van der Waals surface area contributed by atoms with E-state index in [1.165, 1.54) is 0 Å². The number of nitrogens with one attached hydrogen (secondary N) is 1. The fraction of sp³-hybridized carbons (Fsp3) is 0.538. The molecule has 0 radical (unpaired) electrons. The van der Waals surface area contributed by atoms with E-state index in [0.717, 1.165) is 18.4 Å². The molecule has 1 aromatic rings. The maximum Gasteiger partial charge on any atom is 0.224 e. The number of hydrogen-bond acceptors (Lipinski definition) is 3. The van der Waals surface area contributed by atoms with Crippen LogP contribution in [0, 0.1) is 12.8 Å². The highest BCUT2D eigenvalue weighted by molar-refractivity contribution is 6.32. The summed E-state index contributed by atoms with van der Waals surface area (Å²) < 4.78 is 0. The van der Waals surface area contributed by atoms with E-state index in [2.05, 4.69) is 17.2 Å². The van der Waals surface area contributed by atoms with Crippen molar-refractivity contribution in [3.8, 4) is 0 Å². The predicted octanol–water partition coefficient (Wildman–Crippen LogP) is 2.75. The van der Waals surface area contributed by atoms with Gasteiger partial charge in [0.05, 0.1) is 5.69 Å². The number of anilines is 1. The average Bonchev–Trinajstić information content (AvgIpc) is 2.32. The van der Waals surface area contributed by atoms with Gasteiger partial charge in [-0.2, -0.15) is 0 Å². The highest BCUT2D eigenvalue weighted by Gasteiger charge is 2.10. The Kier molecular flexibility index (Phi) is 6.09. The summed E-state index contributed by atoms with van der Waals surface area (Å²) in [6.45, 7) is 4.65. The number of carbonyl (C=O) groups is 1. The molecule has 0 saturated carbocycles. The molecule has 0 aromatic carbocycles. The Labute approximate surface area is 113 Å². The number of aryl methyl sites for hydroxylation is 1. The summed E-state index contributed by atoms with van der Waals surface area (Å²) in [5.41, 5.74) is 7.00. The van der Waals surface area contributed by atoms with Crippen molar-refractivity contribution in [1.29, 1.82) is 0 Å². The van der Waals surface area contributed by atoms with Gasteiger partial charge in [0.1, 0.15) is 0 Å². The molecule has 1 heterocycles. The summed E-state index contributed by atoms with van der Waals surface area (Å²) in [6, 6.07) is 1.82. The lowest BCUT2D eigenvalue weighted by Gasteiger charge is -2.11. The third kappa shape index (κ3) is 4.63.